The van der Waals surface area contributed by atoms with Gasteiger partial charge in [-0.2, -0.15) is 5.26 Å². The number of benzene rings is 1. The lowest BCUT2D eigenvalue weighted by Gasteiger charge is -2.29. The van der Waals surface area contributed by atoms with Gasteiger partial charge in [0.2, 0.25) is 0 Å². The van der Waals surface area contributed by atoms with E-state index in [0.29, 0.717) is 5.56 Å². The number of piperidine rings is 1. The van der Waals surface area contributed by atoms with E-state index >= 15 is 0 Å². The number of nitrogens with zero attached hydrogens (tertiary/aromatic N) is 2. The van der Waals surface area contributed by atoms with E-state index in [-0.39, 0.29) is 6.10 Å². The van der Waals surface area contributed by atoms with Crippen molar-refractivity contribution < 1.29 is 4.74 Å². The van der Waals surface area contributed by atoms with Gasteiger partial charge in [0.1, 0.15) is 17.9 Å². The summed E-state index contributed by atoms with van der Waals surface area (Å²) >= 11 is 0. The molecule has 0 saturated carbocycles. The van der Waals surface area contributed by atoms with Crippen molar-refractivity contribution in [1.82, 2.24) is 4.90 Å². The minimum atomic E-state index is 0.250. The molecule has 1 fully saturated rings. The Kier molecular flexibility index (Phi) is 3.65. The third-order valence-electron chi connectivity index (χ3n) is 3.31. The van der Waals surface area contributed by atoms with Crippen LogP contribution in [0.25, 0.3) is 0 Å². The smallest absolute Gasteiger partial charge is 0.137 e. The van der Waals surface area contributed by atoms with Crippen molar-refractivity contribution in [2.45, 2.75) is 25.9 Å². The molecule has 1 heterocycles. The Bertz CT molecular complexity index is 428. The van der Waals surface area contributed by atoms with Crippen LogP contribution in [0.5, 0.6) is 5.75 Å². The van der Waals surface area contributed by atoms with Crippen molar-refractivity contribution >= 4 is 0 Å². The quantitative estimate of drug-likeness (QED) is 0.782. The van der Waals surface area contributed by atoms with Gasteiger partial charge in [0.15, 0.2) is 0 Å². The number of nitriles is 1. The lowest BCUT2D eigenvalue weighted by Crippen LogP contribution is -2.35. The summed E-state index contributed by atoms with van der Waals surface area (Å²) in [6.07, 6.45) is 2.32. The van der Waals surface area contributed by atoms with Gasteiger partial charge in [-0.3, -0.25) is 0 Å². The first-order chi connectivity index (χ1) is 8.20. The van der Waals surface area contributed by atoms with Crippen LogP contribution in [-0.2, 0) is 0 Å². The number of likely N-dealkylation sites (tertiary alicyclic amines) is 1. The van der Waals surface area contributed by atoms with Crippen molar-refractivity contribution in [2.75, 3.05) is 20.1 Å². The Morgan fingerprint density at radius 1 is 1.35 bits per heavy atom. The fourth-order valence-electron chi connectivity index (χ4n) is 2.16. The minimum Gasteiger partial charge on any atom is -0.489 e. The molecule has 1 saturated heterocycles. The van der Waals surface area contributed by atoms with E-state index in [0.717, 1.165) is 37.2 Å². The average Bonchev–Trinajstić information content (AvgIpc) is 2.32. The lowest BCUT2D eigenvalue weighted by molar-refractivity contribution is 0.114. The molecule has 1 aliphatic rings. The fraction of sp³-hybridized carbons (Fsp3) is 0.500. The van der Waals surface area contributed by atoms with Gasteiger partial charge in [0.05, 0.1) is 5.56 Å². The highest BCUT2D eigenvalue weighted by molar-refractivity contribution is 5.48. The maximum absolute atomic E-state index is 9.13. The third kappa shape index (κ3) is 2.78. The number of hydrogen-bond acceptors (Lipinski definition) is 3. The van der Waals surface area contributed by atoms with Gasteiger partial charge in [0, 0.05) is 13.1 Å². The van der Waals surface area contributed by atoms with Crippen molar-refractivity contribution in [3.63, 3.8) is 0 Å². The molecule has 3 heteroatoms. The Hall–Kier alpha value is -1.53. The molecule has 0 unspecified atom stereocenters. The largest absolute Gasteiger partial charge is 0.489 e. The molecule has 1 aromatic carbocycles. The predicted molar refractivity (Wildman–Crippen MR) is 67.0 cm³/mol. The Morgan fingerprint density at radius 2 is 2.06 bits per heavy atom. The van der Waals surface area contributed by atoms with E-state index in [1.165, 1.54) is 0 Å². The molecular formula is C14H18N2O. The molecular weight excluding hydrogens is 212 g/mol. The van der Waals surface area contributed by atoms with E-state index < -0.39 is 0 Å². The van der Waals surface area contributed by atoms with Crippen LogP contribution in [0.4, 0.5) is 0 Å². The van der Waals surface area contributed by atoms with E-state index in [1.54, 1.807) is 0 Å². The molecule has 1 aromatic rings. The average molecular weight is 230 g/mol. The zero-order valence-electron chi connectivity index (χ0n) is 10.4. The van der Waals surface area contributed by atoms with E-state index in [4.69, 9.17) is 10.00 Å². The summed E-state index contributed by atoms with van der Waals surface area (Å²) in [6.45, 7) is 4.08. The molecule has 0 atom stereocenters. The van der Waals surface area contributed by atoms with Crippen molar-refractivity contribution in [3.05, 3.63) is 29.3 Å². The van der Waals surface area contributed by atoms with Crippen LogP contribution >= 0.6 is 0 Å². The van der Waals surface area contributed by atoms with Gasteiger partial charge in [0.25, 0.3) is 0 Å². The molecule has 0 aromatic heterocycles. The fourth-order valence-corrected chi connectivity index (χ4v) is 2.16. The second-order valence-corrected chi connectivity index (χ2v) is 4.68. The van der Waals surface area contributed by atoms with Crippen LogP contribution in [0.1, 0.15) is 24.0 Å². The Balaban J connectivity index is 2.09. The third-order valence-corrected chi connectivity index (χ3v) is 3.31. The number of hydrogen-bond donors (Lipinski definition) is 0. The van der Waals surface area contributed by atoms with E-state index in [1.807, 2.05) is 25.1 Å². The summed E-state index contributed by atoms with van der Waals surface area (Å²) in [5, 5.41) is 9.13. The predicted octanol–water partition coefficient (Wildman–Crippen LogP) is 2.34. The molecule has 0 aliphatic carbocycles. The highest BCUT2D eigenvalue weighted by atomic mass is 16.5. The normalized spacial score (nSPS) is 17.7. The van der Waals surface area contributed by atoms with Crippen LogP contribution in [0, 0.1) is 18.3 Å². The van der Waals surface area contributed by atoms with Gasteiger partial charge in [-0.05, 0) is 38.4 Å². The number of rotatable bonds is 2. The summed E-state index contributed by atoms with van der Waals surface area (Å²) in [5.41, 5.74) is 1.66. The summed E-state index contributed by atoms with van der Waals surface area (Å²) < 4.78 is 5.96. The van der Waals surface area contributed by atoms with Crippen molar-refractivity contribution in [1.29, 1.82) is 5.26 Å². The zero-order chi connectivity index (χ0) is 12.3. The molecule has 2 rings (SSSR count). The maximum Gasteiger partial charge on any atom is 0.137 e. The van der Waals surface area contributed by atoms with Gasteiger partial charge in [-0.1, -0.05) is 12.1 Å². The molecule has 0 bridgehead atoms. The van der Waals surface area contributed by atoms with E-state index in [2.05, 4.69) is 18.0 Å². The Morgan fingerprint density at radius 3 is 2.71 bits per heavy atom. The van der Waals surface area contributed by atoms with Crippen molar-refractivity contribution in [3.8, 4) is 11.8 Å². The second kappa shape index (κ2) is 5.20. The molecule has 0 N–H and O–H groups in total. The van der Waals surface area contributed by atoms with Crippen LogP contribution in [0.3, 0.4) is 0 Å². The second-order valence-electron chi connectivity index (χ2n) is 4.68. The molecule has 0 spiro atoms. The van der Waals surface area contributed by atoms with Crippen LogP contribution in [0.2, 0.25) is 0 Å². The SMILES string of the molecule is Cc1cccc(OC2CCN(C)CC2)c1C#N. The monoisotopic (exact) mass is 230 g/mol. The highest BCUT2D eigenvalue weighted by Gasteiger charge is 2.19. The van der Waals surface area contributed by atoms with Gasteiger partial charge >= 0.3 is 0 Å². The first kappa shape index (κ1) is 11.9. The summed E-state index contributed by atoms with van der Waals surface area (Å²) in [4.78, 5) is 2.31. The van der Waals surface area contributed by atoms with Crippen LogP contribution in [0.15, 0.2) is 18.2 Å². The molecule has 17 heavy (non-hydrogen) atoms. The topological polar surface area (TPSA) is 36.3 Å². The first-order valence-electron chi connectivity index (χ1n) is 6.05. The maximum atomic E-state index is 9.13. The number of aryl methyl sites for hydroxylation is 1. The van der Waals surface area contributed by atoms with Crippen molar-refractivity contribution in [2.24, 2.45) is 0 Å². The molecule has 90 valence electrons. The van der Waals surface area contributed by atoms with Gasteiger partial charge in [-0.25, -0.2) is 0 Å². The summed E-state index contributed by atoms with van der Waals surface area (Å²) in [7, 11) is 2.13. The van der Waals surface area contributed by atoms with Gasteiger partial charge in [-0.15, -0.1) is 0 Å². The van der Waals surface area contributed by atoms with E-state index in [9.17, 15) is 0 Å². The highest BCUT2D eigenvalue weighted by Crippen LogP contribution is 2.24. The standard InChI is InChI=1S/C14H18N2O/c1-11-4-3-5-14(13(11)10-15)17-12-6-8-16(2)9-7-12/h3-5,12H,6-9H2,1-2H3. The zero-order valence-corrected chi connectivity index (χ0v) is 10.4. The minimum absolute atomic E-state index is 0.250. The Labute approximate surface area is 103 Å². The lowest BCUT2D eigenvalue weighted by atomic mass is 10.1. The summed E-state index contributed by atoms with van der Waals surface area (Å²) in [5.74, 6) is 0.738. The molecule has 0 amide bonds. The number of ether oxygens (including phenoxy) is 1. The van der Waals surface area contributed by atoms with Crippen LogP contribution in [-0.4, -0.2) is 31.1 Å². The summed E-state index contributed by atoms with van der Waals surface area (Å²) in [6, 6.07) is 8.01. The van der Waals surface area contributed by atoms with Gasteiger partial charge < -0.3 is 9.64 Å². The molecule has 3 nitrogen and oxygen atoms in total. The van der Waals surface area contributed by atoms with Crippen LogP contribution < -0.4 is 4.74 Å². The molecule has 0 radical (unpaired) electrons. The first-order valence-corrected chi connectivity index (χ1v) is 6.05. The molecule has 1 aliphatic heterocycles.